The lowest BCUT2D eigenvalue weighted by Crippen LogP contribution is -2.24. The molecular formula is C28H26N6O4S2. The van der Waals surface area contributed by atoms with Gasteiger partial charge in [0.15, 0.2) is 16.1 Å². The summed E-state index contributed by atoms with van der Waals surface area (Å²) in [6.07, 6.45) is 0. The van der Waals surface area contributed by atoms with E-state index in [-0.39, 0.29) is 24.1 Å². The largest absolute Gasteiger partial charge is 0.497 e. The van der Waals surface area contributed by atoms with Gasteiger partial charge in [0.25, 0.3) is 5.91 Å². The van der Waals surface area contributed by atoms with E-state index in [1.54, 1.807) is 18.2 Å². The molecular weight excluding hydrogens is 548 g/mol. The highest BCUT2D eigenvalue weighted by molar-refractivity contribution is 7.99. The molecule has 0 radical (unpaired) electrons. The van der Waals surface area contributed by atoms with Crippen molar-refractivity contribution >= 4 is 50.3 Å². The normalized spacial score (nSPS) is 10.9. The number of carbonyl (C=O) groups is 2. The number of aryl methyl sites for hydroxylation is 1. The van der Waals surface area contributed by atoms with Gasteiger partial charge in [-0.25, -0.2) is 4.98 Å². The molecule has 0 fully saturated rings. The van der Waals surface area contributed by atoms with Crippen LogP contribution in [0.25, 0.3) is 15.9 Å². The van der Waals surface area contributed by atoms with E-state index in [0.717, 1.165) is 21.5 Å². The third-order valence-corrected chi connectivity index (χ3v) is 7.73. The van der Waals surface area contributed by atoms with Crippen LogP contribution in [0.2, 0.25) is 0 Å². The van der Waals surface area contributed by atoms with E-state index in [0.29, 0.717) is 33.2 Å². The molecule has 0 atom stereocenters. The number of fused-ring (bicyclic) bond motifs is 1. The minimum Gasteiger partial charge on any atom is -0.497 e. The molecule has 10 nitrogen and oxygen atoms in total. The number of thioether (sulfide) groups is 1. The van der Waals surface area contributed by atoms with Gasteiger partial charge in [-0.3, -0.25) is 14.2 Å². The first kappa shape index (κ1) is 27.2. The molecule has 0 bridgehead atoms. The van der Waals surface area contributed by atoms with Crippen molar-refractivity contribution in [2.75, 3.05) is 25.3 Å². The van der Waals surface area contributed by atoms with Crippen molar-refractivity contribution in [1.29, 1.82) is 0 Å². The molecule has 204 valence electrons. The molecule has 0 aliphatic rings. The predicted octanol–water partition coefficient (Wildman–Crippen LogP) is 4.86. The number of aromatic nitrogens is 4. The third kappa shape index (κ3) is 6.24. The van der Waals surface area contributed by atoms with Gasteiger partial charge in [0.2, 0.25) is 5.91 Å². The summed E-state index contributed by atoms with van der Waals surface area (Å²) < 4.78 is 13.4. The number of benzene rings is 3. The summed E-state index contributed by atoms with van der Waals surface area (Å²) in [7, 11) is 3.05. The van der Waals surface area contributed by atoms with Crippen molar-refractivity contribution in [1.82, 2.24) is 25.1 Å². The summed E-state index contributed by atoms with van der Waals surface area (Å²) in [6.45, 7) is 2.10. The fourth-order valence-corrected chi connectivity index (χ4v) is 5.60. The Kier molecular flexibility index (Phi) is 8.27. The second kappa shape index (κ2) is 12.2. The number of nitrogens with zero attached hydrogens (tertiary/aromatic N) is 4. The lowest BCUT2D eigenvalue weighted by molar-refractivity contribution is -0.113. The lowest BCUT2D eigenvalue weighted by atomic mass is 10.2. The molecule has 5 aromatic rings. The fourth-order valence-electron chi connectivity index (χ4n) is 3.95. The number of rotatable bonds is 10. The second-order valence-electron chi connectivity index (χ2n) is 8.68. The highest BCUT2D eigenvalue weighted by atomic mass is 32.2. The van der Waals surface area contributed by atoms with Gasteiger partial charge in [0.05, 0.1) is 36.7 Å². The van der Waals surface area contributed by atoms with Crippen LogP contribution in [-0.4, -0.2) is 51.5 Å². The van der Waals surface area contributed by atoms with Crippen molar-refractivity contribution in [2.24, 2.45) is 0 Å². The van der Waals surface area contributed by atoms with Crippen LogP contribution in [0.1, 0.15) is 21.7 Å². The van der Waals surface area contributed by atoms with Gasteiger partial charge in [-0.2, -0.15) is 0 Å². The molecule has 0 saturated carbocycles. The van der Waals surface area contributed by atoms with Crippen molar-refractivity contribution in [3.05, 3.63) is 83.7 Å². The van der Waals surface area contributed by atoms with Crippen molar-refractivity contribution < 1.29 is 19.1 Å². The Morgan fingerprint density at radius 1 is 0.975 bits per heavy atom. The number of hydrogen-bond acceptors (Lipinski definition) is 9. The maximum absolute atomic E-state index is 13.0. The van der Waals surface area contributed by atoms with E-state index < -0.39 is 0 Å². The second-order valence-corrected chi connectivity index (χ2v) is 10.7. The number of methoxy groups -OCH3 is 2. The van der Waals surface area contributed by atoms with E-state index >= 15 is 0 Å². The van der Waals surface area contributed by atoms with Crippen LogP contribution in [0.5, 0.6) is 11.5 Å². The molecule has 0 spiro atoms. The maximum Gasteiger partial charge on any atom is 0.251 e. The highest BCUT2D eigenvalue weighted by Crippen LogP contribution is 2.27. The van der Waals surface area contributed by atoms with Crippen molar-refractivity contribution in [2.45, 2.75) is 18.6 Å². The molecule has 2 heterocycles. The first-order chi connectivity index (χ1) is 19.4. The number of anilines is 1. The van der Waals surface area contributed by atoms with Gasteiger partial charge in [-0.05, 0) is 48.9 Å². The van der Waals surface area contributed by atoms with Gasteiger partial charge in [0, 0.05) is 17.3 Å². The van der Waals surface area contributed by atoms with E-state index in [1.165, 1.54) is 37.3 Å². The number of amides is 2. The molecule has 0 aliphatic carbocycles. The summed E-state index contributed by atoms with van der Waals surface area (Å²) in [5, 5.41) is 15.5. The zero-order valence-electron chi connectivity index (χ0n) is 22.0. The lowest BCUT2D eigenvalue weighted by Gasteiger charge is -2.12. The summed E-state index contributed by atoms with van der Waals surface area (Å²) in [5.74, 6) is 1.12. The molecule has 0 aliphatic heterocycles. The van der Waals surface area contributed by atoms with Crippen LogP contribution in [-0.2, 0) is 11.3 Å². The number of hydrogen-bond donors (Lipinski definition) is 2. The monoisotopic (exact) mass is 574 g/mol. The number of carbonyl (C=O) groups excluding carboxylic acids is 2. The molecule has 2 N–H and O–H groups in total. The number of ether oxygens (including phenoxy) is 2. The molecule has 5 rings (SSSR count). The smallest absolute Gasteiger partial charge is 0.251 e. The van der Waals surface area contributed by atoms with Crippen LogP contribution in [0.3, 0.4) is 0 Å². The standard InChI is InChI=1S/C28H26N6O4S2/c1-17-7-6-8-19(11-17)34-24(15-29-26(36)18-12-20(37-2)14-21(13-18)38-3)32-33-28(34)39-16-25(35)31-27-30-22-9-4-5-10-23(22)40-27/h4-14H,15-16H2,1-3H3,(H,29,36)(H,30,31,35). The maximum atomic E-state index is 13.0. The Morgan fingerprint density at radius 2 is 1.75 bits per heavy atom. The first-order valence-electron chi connectivity index (χ1n) is 12.2. The molecule has 2 amide bonds. The Labute approximate surface area is 238 Å². The van der Waals surface area contributed by atoms with Gasteiger partial charge in [-0.1, -0.05) is 47.4 Å². The van der Waals surface area contributed by atoms with E-state index in [9.17, 15) is 9.59 Å². The Morgan fingerprint density at radius 3 is 2.48 bits per heavy atom. The van der Waals surface area contributed by atoms with Gasteiger partial charge < -0.3 is 20.1 Å². The van der Waals surface area contributed by atoms with Crippen LogP contribution in [0.15, 0.2) is 71.9 Å². The zero-order chi connectivity index (χ0) is 28.1. The van der Waals surface area contributed by atoms with Crippen LogP contribution < -0.4 is 20.1 Å². The molecule has 0 saturated heterocycles. The van der Waals surface area contributed by atoms with Crippen molar-refractivity contribution in [3.8, 4) is 17.2 Å². The molecule has 12 heteroatoms. The first-order valence-corrected chi connectivity index (χ1v) is 14.0. The topological polar surface area (TPSA) is 120 Å². The Hall–Kier alpha value is -4.42. The zero-order valence-corrected chi connectivity index (χ0v) is 23.6. The molecule has 2 aromatic heterocycles. The van der Waals surface area contributed by atoms with Crippen LogP contribution in [0, 0.1) is 6.92 Å². The summed E-state index contributed by atoms with van der Waals surface area (Å²) in [6, 6.07) is 20.5. The predicted molar refractivity (Wildman–Crippen MR) is 156 cm³/mol. The SMILES string of the molecule is COc1cc(OC)cc(C(=O)NCc2nnc(SCC(=O)Nc3nc4ccccc4s3)n2-c2cccc(C)c2)c1. The average molecular weight is 575 g/mol. The number of thiazole rings is 1. The van der Waals surface area contributed by atoms with E-state index in [1.807, 2.05) is 60.0 Å². The minimum absolute atomic E-state index is 0.107. The van der Waals surface area contributed by atoms with Gasteiger partial charge >= 0.3 is 0 Å². The van der Waals surface area contributed by atoms with Gasteiger partial charge in [-0.15, -0.1) is 10.2 Å². The molecule has 40 heavy (non-hydrogen) atoms. The summed E-state index contributed by atoms with van der Waals surface area (Å²) >= 11 is 2.68. The minimum atomic E-state index is -0.319. The van der Waals surface area contributed by atoms with Crippen LogP contribution >= 0.6 is 23.1 Å². The summed E-state index contributed by atoms with van der Waals surface area (Å²) in [4.78, 5) is 30.2. The third-order valence-electron chi connectivity index (χ3n) is 5.85. The fraction of sp³-hybridized carbons (Fsp3) is 0.179. The highest BCUT2D eigenvalue weighted by Gasteiger charge is 2.18. The number of para-hydroxylation sites is 1. The Bertz CT molecular complexity index is 1630. The quantitative estimate of drug-likeness (QED) is 0.227. The van der Waals surface area contributed by atoms with E-state index in [2.05, 4.69) is 25.8 Å². The molecule has 0 unspecified atom stereocenters. The molecule has 3 aromatic carbocycles. The summed E-state index contributed by atoms with van der Waals surface area (Å²) in [5.41, 5.74) is 3.10. The van der Waals surface area contributed by atoms with Gasteiger partial charge in [0.1, 0.15) is 11.5 Å². The average Bonchev–Trinajstić information content (AvgIpc) is 3.57. The van der Waals surface area contributed by atoms with Crippen LogP contribution in [0.4, 0.5) is 5.13 Å². The number of nitrogens with one attached hydrogen (secondary N) is 2. The van der Waals surface area contributed by atoms with Crippen molar-refractivity contribution in [3.63, 3.8) is 0 Å². The Balaban J connectivity index is 1.32. The van der Waals surface area contributed by atoms with E-state index in [4.69, 9.17) is 9.47 Å².